The van der Waals surface area contributed by atoms with Gasteiger partial charge in [-0.3, -0.25) is 0 Å². The number of aliphatic hydroxyl groups is 1. The number of rotatable bonds is 5. The molecule has 1 aromatic heterocycles. The molecular weight excluding hydrogens is 224 g/mol. The second-order valence-electron chi connectivity index (χ2n) is 3.30. The molecule has 1 rings (SSSR count). The van der Waals surface area contributed by atoms with E-state index >= 15 is 0 Å². The van der Waals surface area contributed by atoms with Crippen molar-refractivity contribution >= 4 is 17.6 Å². The maximum Gasteiger partial charge on any atom is 0.166 e. The molecule has 6 heteroatoms. The molecule has 0 bridgehead atoms. The lowest BCUT2D eigenvalue weighted by Crippen LogP contribution is -2.31. The Morgan fingerprint density at radius 2 is 2.44 bits per heavy atom. The van der Waals surface area contributed by atoms with E-state index in [0.717, 1.165) is 0 Å². The van der Waals surface area contributed by atoms with Gasteiger partial charge in [-0.05, 0) is 19.2 Å². The predicted molar refractivity (Wildman–Crippen MR) is 64.2 cm³/mol. The fraction of sp³-hybridized carbons (Fsp3) is 0.500. The molecule has 0 fully saturated rings. The minimum Gasteiger partial charge on any atom is -0.395 e. The van der Waals surface area contributed by atoms with E-state index in [-0.39, 0.29) is 17.9 Å². The van der Waals surface area contributed by atoms with Crippen LogP contribution in [0.25, 0.3) is 0 Å². The molecule has 0 aliphatic carbocycles. The first-order valence-electron chi connectivity index (χ1n) is 4.85. The van der Waals surface area contributed by atoms with Crippen LogP contribution >= 0.6 is 11.8 Å². The highest BCUT2D eigenvalue weighted by Crippen LogP contribution is 2.16. The quantitative estimate of drug-likeness (QED) is 0.792. The Morgan fingerprint density at radius 1 is 1.69 bits per heavy atom. The van der Waals surface area contributed by atoms with Gasteiger partial charge in [-0.2, -0.15) is 22.1 Å². The van der Waals surface area contributed by atoms with E-state index in [1.165, 1.54) is 6.20 Å². The van der Waals surface area contributed by atoms with Gasteiger partial charge < -0.3 is 10.4 Å². The standard InChI is InChI=1S/C10H14N4OS/c1-7(9(6-15)16-2)13-10-8(5-11)3-4-12-14-10/h3-4,7,9,15H,6H2,1-2H3,(H,13,14). The van der Waals surface area contributed by atoms with Crippen LogP contribution in [0.3, 0.4) is 0 Å². The molecule has 2 unspecified atom stereocenters. The monoisotopic (exact) mass is 238 g/mol. The van der Waals surface area contributed by atoms with Gasteiger partial charge >= 0.3 is 0 Å². The van der Waals surface area contributed by atoms with Crippen LogP contribution < -0.4 is 5.32 Å². The van der Waals surface area contributed by atoms with Crippen LogP contribution in [0.2, 0.25) is 0 Å². The fourth-order valence-corrected chi connectivity index (χ4v) is 1.90. The van der Waals surface area contributed by atoms with Gasteiger partial charge in [0.05, 0.1) is 18.4 Å². The Balaban J connectivity index is 2.76. The first-order chi connectivity index (χ1) is 7.72. The third-order valence-electron chi connectivity index (χ3n) is 2.25. The Bertz CT molecular complexity index is 375. The number of aromatic nitrogens is 2. The number of hydrogen-bond acceptors (Lipinski definition) is 6. The van der Waals surface area contributed by atoms with Gasteiger partial charge in [0.15, 0.2) is 5.82 Å². The highest BCUT2D eigenvalue weighted by Gasteiger charge is 2.16. The Kier molecular flexibility index (Phi) is 5.02. The van der Waals surface area contributed by atoms with Gasteiger partial charge in [-0.15, -0.1) is 5.10 Å². The van der Waals surface area contributed by atoms with Crippen LogP contribution in [0.4, 0.5) is 5.82 Å². The molecule has 16 heavy (non-hydrogen) atoms. The summed E-state index contributed by atoms with van der Waals surface area (Å²) in [6.07, 6.45) is 3.41. The number of anilines is 1. The van der Waals surface area contributed by atoms with E-state index in [4.69, 9.17) is 10.4 Å². The van der Waals surface area contributed by atoms with Crippen molar-refractivity contribution in [1.29, 1.82) is 5.26 Å². The SMILES string of the molecule is CSC(CO)C(C)Nc1nnccc1C#N. The van der Waals surface area contributed by atoms with Gasteiger partial charge in [0, 0.05) is 11.3 Å². The Hall–Kier alpha value is -1.32. The molecule has 0 aromatic carbocycles. The zero-order chi connectivity index (χ0) is 12.0. The summed E-state index contributed by atoms with van der Waals surface area (Å²) in [5.74, 6) is 0.463. The van der Waals surface area contributed by atoms with Crippen LogP contribution in [0.5, 0.6) is 0 Å². The van der Waals surface area contributed by atoms with Crippen molar-refractivity contribution in [1.82, 2.24) is 10.2 Å². The van der Waals surface area contributed by atoms with Crippen LogP contribution in [0, 0.1) is 11.3 Å². The normalized spacial score (nSPS) is 13.9. The summed E-state index contributed by atoms with van der Waals surface area (Å²) < 4.78 is 0. The van der Waals surface area contributed by atoms with Gasteiger partial charge in [-0.1, -0.05) is 0 Å². The Labute approximate surface area is 98.9 Å². The molecule has 5 nitrogen and oxygen atoms in total. The van der Waals surface area contributed by atoms with E-state index in [2.05, 4.69) is 15.5 Å². The summed E-state index contributed by atoms with van der Waals surface area (Å²) in [4.78, 5) is 0. The number of nitrogens with one attached hydrogen (secondary N) is 1. The van der Waals surface area contributed by atoms with Gasteiger partial charge in [0.1, 0.15) is 6.07 Å². The summed E-state index contributed by atoms with van der Waals surface area (Å²) >= 11 is 1.57. The Morgan fingerprint density at radius 3 is 3.00 bits per heavy atom. The number of hydrogen-bond donors (Lipinski definition) is 2. The van der Waals surface area contributed by atoms with E-state index in [1.54, 1.807) is 17.8 Å². The minimum absolute atomic E-state index is 0.0174. The molecule has 0 amide bonds. The lowest BCUT2D eigenvalue weighted by atomic mass is 10.2. The first-order valence-corrected chi connectivity index (χ1v) is 6.13. The van der Waals surface area contributed by atoms with Crippen molar-refractivity contribution in [2.75, 3.05) is 18.2 Å². The van der Waals surface area contributed by atoms with Crippen LogP contribution in [-0.4, -0.2) is 39.5 Å². The molecule has 2 N–H and O–H groups in total. The topological polar surface area (TPSA) is 81.8 Å². The van der Waals surface area contributed by atoms with Crippen LogP contribution in [0.1, 0.15) is 12.5 Å². The molecular formula is C10H14N4OS. The fourth-order valence-electron chi connectivity index (χ4n) is 1.27. The molecule has 86 valence electrons. The average molecular weight is 238 g/mol. The summed E-state index contributed by atoms with van der Waals surface area (Å²) in [7, 11) is 0. The maximum absolute atomic E-state index is 9.14. The highest BCUT2D eigenvalue weighted by molar-refractivity contribution is 7.99. The number of nitriles is 1. The summed E-state index contributed by atoms with van der Waals surface area (Å²) in [6, 6.07) is 3.67. The summed E-state index contributed by atoms with van der Waals surface area (Å²) in [5, 5.41) is 28.8. The van der Waals surface area contributed by atoms with Crippen molar-refractivity contribution in [3.8, 4) is 6.07 Å². The molecule has 0 aliphatic rings. The largest absolute Gasteiger partial charge is 0.395 e. The molecule has 0 radical (unpaired) electrons. The van der Waals surface area contributed by atoms with Gasteiger partial charge in [0.2, 0.25) is 0 Å². The first kappa shape index (κ1) is 12.7. The summed E-state index contributed by atoms with van der Waals surface area (Å²) in [6.45, 7) is 2.02. The minimum atomic E-state index is 0.0174. The number of thioether (sulfide) groups is 1. The van der Waals surface area contributed by atoms with Gasteiger partial charge in [0.25, 0.3) is 0 Å². The zero-order valence-corrected chi connectivity index (χ0v) is 10.0. The van der Waals surface area contributed by atoms with E-state index in [0.29, 0.717) is 11.4 Å². The lowest BCUT2D eigenvalue weighted by molar-refractivity contribution is 0.288. The second-order valence-corrected chi connectivity index (χ2v) is 4.37. The third kappa shape index (κ3) is 3.08. The molecule has 0 spiro atoms. The van der Waals surface area contributed by atoms with Crippen molar-refractivity contribution < 1.29 is 5.11 Å². The molecule has 2 atom stereocenters. The molecule has 1 heterocycles. The number of nitrogens with zero attached hydrogens (tertiary/aromatic N) is 3. The predicted octanol–water partition coefficient (Wildman–Crippen LogP) is 0.873. The molecule has 1 aromatic rings. The van der Waals surface area contributed by atoms with Gasteiger partial charge in [-0.25, -0.2) is 0 Å². The molecule has 0 saturated carbocycles. The van der Waals surface area contributed by atoms with Crippen molar-refractivity contribution in [3.05, 3.63) is 17.8 Å². The smallest absolute Gasteiger partial charge is 0.166 e. The third-order valence-corrected chi connectivity index (χ3v) is 3.41. The van der Waals surface area contributed by atoms with E-state index in [9.17, 15) is 0 Å². The highest BCUT2D eigenvalue weighted by atomic mass is 32.2. The van der Waals surface area contributed by atoms with Crippen LogP contribution in [-0.2, 0) is 0 Å². The molecule has 0 saturated heterocycles. The lowest BCUT2D eigenvalue weighted by Gasteiger charge is -2.21. The van der Waals surface area contributed by atoms with Crippen molar-refractivity contribution in [3.63, 3.8) is 0 Å². The number of aliphatic hydroxyl groups excluding tert-OH is 1. The second kappa shape index (κ2) is 6.30. The van der Waals surface area contributed by atoms with Crippen molar-refractivity contribution in [2.45, 2.75) is 18.2 Å². The maximum atomic E-state index is 9.14. The molecule has 0 aliphatic heterocycles. The van der Waals surface area contributed by atoms with E-state index in [1.807, 2.05) is 19.2 Å². The van der Waals surface area contributed by atoms with Crippen molar-refractivity contribution in [2.24, 2.45) is 0 Å². The zero-order valence-electron chi connectivity index (χ0n) is 9.21. The average Bonchev–Trinajstić information content (AvgIpc) is 2.31. The summed E-state index contributed by atoms with van der Waals surface area (Å²) in [5.41, 5.74) is 0.458. The van der Waals surface area contributed by atoms with E-state index < -0.39 is 0 Å². The van der Waals surface area contributed by atoms with Crippen LogP contribution in [0.15, 0.2) is 12.3 Å².